The summed E-state index contributed by atoms with van der Waals surface area (Å²) in [6.45, 7) is 5.18. The Kier molecular flexibility index (Phi) is 3.06. The smallest absolute Gasteiger partial charge is 0.132 e. The van der Waals surface area contributed by atoms with Gasteiger partial charge in [0.15, 0.2) is 0 Å². The molecule has 0 saturated heterocycles. The maximum atomic E-state index is 13.1. The highest BCUT2D eigenvalue weighted by molar-refractivity contribution is 6.01. The first kappa shape index (κ1) is 10.5. The summed E-state index contributed by atoms with van der Waals surface area (Å²) in [7, 11) is 0. The third kappa shape index (κ3) is 2.02. The van der Waals surface area contributed by atoms with Crippen LogP contribution in [0, 0.1) is 5.92 Å². The molecule has 1 aliphatic carbocycles. The molecule has 0 saturated carbocycles. The summed E-state index contributed by atoms with van der Waals surface area (Å²) in [5.74, 6) is 0.0448. The Labute approximate surface area is 82.7 Å². The van der Waals surface area contributed by atoms with Crippen LogP contribution in [0.1, 0.15) is 6.92 Å². The topological polar surface area (TPSA) is 64.4 Å². The summed E-state index contributed by atoms with van der Waals surface area (Å²) >= 11 is 0. The van der Waals surface area contributed by atoms with Gasteiger partial charge in [-0.15, -0.1) is 0 Å². The number of rotatable bonds is 2. The van der Waals surface area contributed by atoms with E-state index in [1.807, 2.05) is 0 Å². The number of amidine groups is 1. The van der Waals surface area contributed by atoms with Crippen molar-refractivity contribution < 1.29 is 4.39 Å². The molecule has 2 unspecified atom stereocenters. The van der Waals surface area contributed by atoms with Crippen LogP contribution in [0.5, 0.6) is 0 Å². The van der Waals surface area contributed by atoms with Gasteiger partial charge in [0.2, 0.25) is 0 Å². The maximum absolute atomic E-state index is 13.1. The SMILES string of the molecule is C=C/N=C(/N)C1=CC(C)C(F)C=C1N. The standard InChI is InChI=1S/C10H14FN3/c1-3-14-10(13)7-4-6(2)8(11)5-9(7)12/h3-6,8H,1,12H2,2H3,(H2,13,14). The second-order valence-electron chi connectivity index (χ2n) is 3.20. The Hall–Kier alpha value is -1.58. The summed E-state index contributed by atoms with van der Waals surface area (Å²) in [6, 6.07) is 0. The van der Waals surface area contributed by atoms with Crippen LogP contribution in [0.2, 0.25) is 0 Å². The van der Waals surface area contributed by atoms with Crippen LogP contribution < -0.4 is 11.5 Å². The average molecular weight is 195 g/mol. The molecule has 4 N–H and O–H groups in total. The first-order chi connectivity index (χ1) is 6.56. The zero-order chi connectivity index (χ0) is 10.7. The number of halogens is 1. The van der Waals surface area contributed by atoms with Gasteiger partial charge in [-0.3, -0.25) is 0 Å². The van der Waals surface area contributed by atoms with Crippen LogP contribution in [0.25, 0.3) is 0 Å². The molecule has 0 amide bonds. The molecule has 0 aromatic rings. The highest BCUT2D eigenvalue weighted by atomic mass is 19.1. The van der Waals surface area contributed by atoms with Gasteiger partial charge < -0.3 is 11.5 Å². The van der Waals surface area contributed by atoms with Crippen molar-refractivity contribution in [1.29, 1.82) is 0 Å². The minimum atomic E-state index is -1.05. The molecule has 1 aliphatic rings. The molecule has 0 fully saturated rings. The molecule has 4 heteroatoms. The fourth-order valence-electron chi connectivity index (χ4n) is 1.27. The Bertz CT molecular complexity index is 328. The molecule has 0 bridgehead atoms. The second-order valence-corrected chi connectivity index (χ2v) is 3.20. The van der Waals surface area contributed by atoms with E-state index in [4.69, 9.17) is 11.5 Å². The molecule has 3 nitrogen and oxygen atoms in total. The van der Waals surface area contributed by atoms with E-state index in [2.05, 4.69) is 11.6 Å². The van der Waals surface area contributed by atoms with Crippen molar-refractivity contribution in [2.45, 2.75) is 13.1 Å². The van der Waals surface area contributed by atoms with E-state index in [1.165, 1.54) is 12.3 Å². The van der Waals surface area contributed by atoms with Gasteiger partial charge in [-0.2, -0.15) is 0 Å². The number of nitrogens with two attached hydrogens (primary N) is 2. The molecule has 1 rings (SSSR count). The van der Waals surface area contributed by atoms with E-state index in [-0.39, 0.29) is 11.8 Å². The van der Waals surface area contributed by atoms with E-state index in [0.29, 0.717) is 11.3 Å². The first-order valence-electron chi connectivity index (χ1n) is 4.34. The van der Waals surface area contributed by atoms with Crippen LogP contribution in [-0.2, 0) is 0 Å². The molecule has 2 atom stereocenters. The summed E-state index contributed by atoms with van der Waals surface area (Å²) in [5, 5.41) is 0. The zero-order valence-electron chi connectivity index (χ0n) is 8.07. The first-order valence-corrected chi connectivity index (χ1v) is 4.34. The van der Waals surface area contributed by atoms with Crippen molar-refractivity contribution in [2.24, 2.45) is 22.4 Å². The van der Waals surface area contributed by atoms with Crippen molar-refractivity contribution in [3.63, 3.8) is 0 Å². The van der Waals surface area contributed by atoms with Gasteiger partial charge in [0.05, 0.1) is 0 Å². The highest BCUT2D eigenvalue weighted by Gasteiger charge is 2.21. The van der Waals surface area contributed by atoms with Crippen molar-refractivity contribution in [1.82, 2.24) is 0 Å². The lowest BCUT2D eigenvalue weighted by molar-refractivity contribution is 0.331. The summed E-state index contributed by atoms with van der Waals surface area (Å²) in [4.78, 5) is 3.80. The Morgan fingerprint density at radius 1 is 1.64 bits per heavy atom. The summed E-state index contributed by atoms with van der Waals surface area (Å²) < 4.78 is 13.1. The molecule has 14 heavy (non-hydrogen) atoms. The third-order valence-corrected chi connectivity index (χ3v) is 2.09. The predicted octanol–water partition coefficient (Wildman–Crippen LogP) is 1.24. The lowest BCUT2D eigenvalue weighted by Gasteiger charge is -2.19. The number of hydrogen-bond acceptors (Lipinski definition) is 2. The van der Waals surface area contributed by atoms with Crippen molar-refractivity contribution in [3.8, 4) is 0 Å². The van der Waals surface area contributed by atoms with Gasteiger partial charge >= 0.3 is 0 Å². The monoisotopic (exact) mass is 195 g/mol. The van der Waals surface area contributed by atoms with E-state index in [0.717, 1.165) is 0 Å². The Balaban J connectivity index is 3.00. The van der Waals surface area contributed by atoms with Gasteiger partial charge in [-0.25, -0.2) is 9.38 Å². The minimum Gasteiger partial charge on any atom is -0.398 e. The molecule has 76 valence electrons. The van der Waals surface area contributed by atoms with Crippen LogP contribution in [0.4, 0.5) is 4.39 Å². The van der Waals surface area contributed by atoms with E-state index < -0.39 is 6.17 Å². The van der Waals surface area contributed by atoms with E-state index in [9.17, 15) is 4.39 Å². The number of alkyl halides is 1. The number of allylic oxidation sites excluding steroid dienone is 2. The summed E-state index contributed by atoms with van der Waals surface area (Å²) in [6.07, 6.45) is 3.32. The van der Waals surface area contributed by atoms with Crippen LogP contribution in [-0.4, -0.2) is 12.0 Å². The van der Waals surface area contributed by atoms with E-state index in [1.54, 1.807) is 13.0 Å². The normalized spacial score (nSPS) is 28.0. The lowest BCUT2D eigenvalue weighted by atomic mass is 9.93. The predicted molar refractivity (Wildman–Crippen MR) is 56.2 cm³/mol. The Morgan fingerprint density at radius 3 is 2.86 bits per heavy atom. The third-order valence-electron chi connectivity index (χ3n) is 2.09. The minimum absolute atomic E-state index is 0.226. The maximum Gasteiger partial charge on any atom is 0.132 e. The van der Waals surface area contributed by atoms with Gasteiger partial charge in [0.1, 0.15) is 12.0 Å². The molecular weight excluding hydrogens is 181 g/mol. The lowest BCUT2D eigenvalue weighted by Crippen LogP contribution is -2.26. The second kappa shape index (κ2) is 4.09. The van der Waals surface area contributed by atoms with Gasteiger partial charge in [0.25, 0.3) is 0 Å². The van der Waals surface area contributed by atoms with Gasteiger partial charge in [-0.05, 0) is 6.08 Å². The quantitative estimate of drug-likeness (QED) is 0.514. The molecule has 0 aromatic heterocycles. The molecule has 0 aliphatic heterocycles. The van der Waals surface area contributed by atoms with Gasteiger partial charge in [0, 0.05) is 23.4 Å². The van der Waals surface area contributed by atoms with Crippen molar-refractivity contribution in [3.05, 3.63) is 36.2 Å². The zero-order valence-corrected chi connectivity index (χ0v) is 8.07. The average Bonchev–Trinajstić information content (AvgIpc) is 2.11. The van der Waals surface area contributed by atoms with Crippen LogP contribution in [0.3, 0.4) is 0 Å². The van der Waals surface area contributed by atoms with Crippen molar-refractivity contribution in [2.75, 3.05) is 0 Å². The number of nitrogens with zero attached hydrogens (tertiary/aromatic N) is 1. The fraction of sp³-hybridized carbons (Fsp3) is 0.300. The number of aliphatic imine (C=N–C) groups is 1. The van der Waals surface area contributed by atoms with E-state index >= 15 is 0 Å². The molecule has 0 spiro atoms. The molecule has 0 heterocycles. The highest BCUT2D eigenvalue weighted by Crippen LogP contribution is 2.22. The van der Waals surface area contributed by atoms with Crippen LogP contribution >= 0.6 is 0 Å². The van der Waals surface area contributed by atoms with Crippen molar-refractivity contribution >= 4 is 5.84 Å². The molecule has 0 radical (unpaired) electrons. The molecule has 0 aromatic carbocycles. The number of hydrogen-bond donors (Lipinski definition) is 2. The van der Waals surface area contributed by atoms with Crippen LogP contribution in [0.15, 0.2) is 41.2 Å². The van der Waals surface area contributed by atoms with Gasteiger partial charge in [-0.1, -0.05) is 19.6 Å². The Morgan fingerprint density at radius 2 is 2.29 bits per heavy atom. The fourth-order valence-corrected chi connectivity index (χ4v) is 1.27. The summed E-state index contributed by atoms with van der Waals surface area (Å²) in [5.41, 5.74) is 12.2. The largest absolute Gasteiger partial charge is 0.398 e. The molecular formula is C10H14FN3.